The van der Waals surface area contributed by atoms with Crippen LogP contribution in [0.15, 0.2) is 0 Å². The van der Waals surface area contributed by atoms with Gasteiger partial charge in [0, 0.05) is 5.88 Å². The highest BCUT2D eigenvalue weighted by molar-refractivity contribution is 7.91. The molecule has 0 radical (unpaired) electrons. The summed E-state index contributed by atoms with van der Waals surface area (Å²) in [6.45, 7) is 3.68. The quantitative estimate of drug-likeness (QED) is 0.494. The maximum absolute atomic E-state index is 11.5. The molecule has 0 aliphatic rings. The van der Waals surface area contributed by atoms with E-state index in [1.165, 1.54) is 0 Å². The number of sulfone groups is 1. The van der Waals surface area contributed by atoms with E-state index in [0.717, 1.165) is 19.3 Å². The van der Waals surface area contributed by atoms with E-state index in [-0.39, 0.29) is 5.25 Å². The number of halogens is 1. The van der Waals surface area contributed by atoms with Gasteiger partial charge in [0.25, 0.3) is 0 Å². The molecular weight excluding hydrogens is 208 g/mol. The molecule has 0 saturated heterocycles. The summed E-state index contributed by atoms with van der Waals surface area (Å²) in [5.74, 6) is 0.947. The number of hydrogen-bond donors (Lipinski definition) is 0. The van der Waals surface area contributed by atoms with E-state index in [0.29, 0.717) is 18.1 Å². The van der Waals surface area contributed by atoms with E-state index in [4.69, 9.17) is 11.6 Å². The van der Waals surface area contributed by atoms with Gasteiger partial charge in [0.05, 0.1) is 11.0 Å². The Morgan fingerprint density at radius 2 is 1.85 bits per heavy atom. The summed E-state index contributed by atoms with van der Waals surface area (Å²) in [6.07, 6.45) is 3.29. The second-order valence-electron chi connectivity index (χ2n) is 3.34. The molecule has 0 aliphatic heterocycles. The zero-order valence-electron chi connectivity index (χ0n) is 8.42. The van der Waals surface area contributed by atoms with Gasteiger partial charge in [-0.25, -0.2) is 8.42 Å². The van der Waals surface area contributed by atoms with E-state index in [1.54, 1.807) is 6.92 Å². The highest BCUT2D eigenvalue weighted by atomic mass is 35.5. The van der Waals surface area contributed by atoms with Crippen LogP contribution in [0, 0.1) is 0 Å². The fourth-order valence-electron chi connectivity index (χ4n) is 1.03. The van der Waals surface area contributed by atoms with Gasteiger partial charge in [-0.3, -0.25) is 0 Å². The van der Waals surface area contributed by atoms with Gasteiger partial charge in [-0.2, -0.15) is 0 Å². The van der Waals surface area contributed by atoms with Gasteiger partial charge >= 0.3 is 0 Å². The Hall–Kier alpha value is 0.240. The van der Waals surface area contributed by atoms with Crippen molar-refractivity contribution in [1.29, 1.82) is 0 Å². The lowest BCUT2D eigenvalue weighted by Gasteiger charge is -2.09. The maximum Gasteiger partial charge on any atom is 0.152 e. The van der Waals surface area contributed by atoms with Gasteiger partial charge in [-0.1, -0.05) is 13.3 Å². The lowest BCUT2D eigenvalue weighted by atomic mass is 10.3. The predicted molar refractivity (Wildman–Crippen MR) is 58.1 cm³/mol. The first-order chi connectivity index (χ1) is 6.04. The maximum atomic E-state index is 11.5. The minimum Gasteiger partial charge on any atom is -0.229 e. The Bertz CT molecular complexity index is 212. The van der Waals surface area contributed by atoms with Gasteiger partial charge in [0.1, 0.15) is 0 Å². The van der Waals surface area contributed by atoms with Crippen molar-refractivity contribution >= 4 is 21.4 Å². The lowest BCUT2D eigenvalue weighted by Crippen LogP contribution is -2.20. The van der Waals surface area contributed by atoms with Crippen LogP contribution in [0.25, 0.3) is 0 Å². The summed E-state index contributed by atoms with van der Waals surface area (Å²) in [4.78, 5) is 0. The number of unbranched alkanes of at least 4 members (excludes halogenated alkanes) is 2. The molecule has 0 fully saturated rings. The smallest absolute Gasteiger partial charge is 0.152 e. The van der Waals surface area contributed by atoms with E-state index in [2.05, 4.69) is 0 Å². The second kappa shape index (κ2) is 6.66. The van der Waals surface area contributed by atoms with Crippen molar-refractivity contribution in [3.05, 3.63) is 0 Å². The molecular formula is C9H19ClO2S. The molecule has 0 aromatic carbocycles. The minimum absolute atomic E-state index is 0.191. The molecule has 0 saturated carbocycles. The normalized spacial score (nSPS) is 14.4. The summed E-state index contributed by atoms with van der Waals surface area (Å²) < 4.78 is 23.0. The average Bonchev–Trinajstić information content (AvgIpc) is 2.11. The minimum atomic E-state index is -2.83. The van der Waals surface area contributed by atoms with Crippen molar-refractivity contribution in [3.63, 3.8) is 0 Å². The third-order valence-electron chi connectivity index (χ3n) is 2.25. The van der Waals surface area contributed by atoms with E-state index >= 15 is 0 Å². The van der Waals surface area contributed by atoms with Gasteiger partial charge in [0.15, 0.2) is 9.84 Å². The van der Waals surface area contributed by atoms with Crippen LogP contribution in [0.4, 0.5) is 0 Å². The Balaban J connectivity index is 3.77. The summed E-state index contributed by atoms with van der Waals surface area (Å²) in [6, 6.07) is 0. The molecule has 0 heterocycles. The number of hydrogen-bond acceptors (Lipinski definition) is 2. The van der Waals surface area contributed by atoms with E-state index in [1.807, 2.05) is 6.92 Å². The van der Waals surface area contributed by atoms with E-state index in [9.17, 15) is 8.42 Å². The van der Waals surface area contributed by atoms with Crippen molar-refractivity contribution in [2.45, 2.75) is 44.8 Å². The largest absolute Gasteiger partial charge is 0.229 e. The van der Waals surface area contributed by atoms with Crippen LogP contribution < -0.4 is 0 Å². The fraction of sp³-hybridized carbons (Fsp3) is 1.00. The van der Waals surface area contributed by atoms with Gasteiger partial charge < -0.3 is 0 Å². The Labute approximate surface area is 86.6 Å². The van der Waals surface area contributed by atoms with Crippen LogP contribution in [-0.2, 0) is 9.84 Å². The van der Waals surface area contributed by atoms with Gasteiger partial charge in [-0.05, 0) is 26.2 Å². The Kier molecular flexibility index (Phi) is 6.78. The van der Waals surface area contributed by atoms with Crippen LogP contribution >= 0.6 is 11.6 Å². The van der Waals surface area contributed by atoms with Crippen molar-refractivity contribution in [1.82, 2.24) is 0 Å². The molecule has 80 valence electrons. The lowest BCUT2D eigenvalue weighted by molar-refractivity contribution is 0.576. The van der Waals surface area contributed by atoms with Crippen LogP contribution in [0.2, 0.25) is 0 Å². The summed E-state index contributed by atoms with van der Waals surface area (Å²) >= 11 is 5.49. The van der Waals surface area contributed by atoms with E-state index < -0.39 is 9.84 Å². The molecule has 0 N–H and O–H groups in total. The average molecular weight is 227 g/mol. The third kappa shape index (κ3) is 5.53. The molecule has 2 nitrogen and oxygen atoms in total. The SMILES string of the molecule is CCC(C)S(=O)(=O)CCCCCCl. The molecule has 4 heteroatoms. The number of rotatable bonds is 7. The highest BCUT2D eigenvalue weighted by Crippen LogP contribution is 2.09. The predicted octanol–water partition coefficient (Wildman–Crippen LogP) is 2.61. The van der Waals surface area contributed by atoms with Crippen LogP contribution in [0.5, 0.6) is 0 Å². The highest BCUT2D eigenvalue weighted by Gasteiger charge is 2.17. The third-order valence-corrected chi connectivity index (χ3v) is 4.93. The zero-order chi connectivity index (χ0) is 10.3. The van der Waals surface area contributed by atoms with Crippen molar-refractivity contribution in [2.75, 3.05) is 11.6 Å². The van der Waals surface area contributed by atoms with Crippen molar-refractivity contribution in [2.24, 2.45) is 0 Å². The van der Waals surface area contributed by atoms with Crippen LogP contribution in [0.3, 0.4) is 0 Å². The molecule has 0 aliphatic carbocycles. The van der Waals surface area contributed by atoms with Crippen LogP contribution in [-0.4, -0.2) is 25.3 Å². The van der Waals surface area contributed by atoms with Crippen LogP contribution in [0.1, 0.15) is 39.5 Å². The first kappa shape index (κ1) is 13.2. The molecule has 0 aromatic heterocycles. The molecule has 1 unspecified atom stereocenters. The van der Waals surface area contributed by atoms with Crippen molar-refractivity contribution < 1.29 is 8.42 Å². The first-order valence-electron chi connectivity index (χ1n) is 4.82. The Morgan fingerprint density at radius 1 is 1.23 bits per heavy atom. The van der Waals surface area contributed by atoms with Gasteiger partial charge in [-0.15, -0.1) is 11.6 Å². The molecule has 0 spiro atoms. The molecule has 0 aromatic rings. The molecule has 13 heavy (non-hydrogen) atoms. The monoisotopic (exact) mass is 226 g/mol. The second-order valence-corrected chi connectivity index (χ2v) is 6.25. The molecule has 0 rings (SSSR count). The molecule has 0 amide bonds. The molecule has 1 atom stereocenters. The first-order valence-corrected chi connectivity index (χ1v) is 7.07. The summed E-state index contributed by atoms with van der Waals surface area (Å²) in [5, 5.41) is -0.191. The van der Waals surface area contributed by atoms with Gasteiger partial charge in [0.2, 0.25) is 0 Å². The standard InChI is InChI=1S/C9H19ClO2S/c1-3-9(2)13(11,12)8-6-4-5-7-10/h9H,3-8H2,1-2H3. The van der Waals surface area contributed by atoms with Crippen molar-refractivity contribution in [3.8, 4) is 0 Å². The topological polar surface area (TPSA) is 34.1 Å². The zero-order valence-corrected chi connectivity index (χ0v) is 10.00. The number of alkyl halides is 1. The molecule has 0 bridgehead atoms. The summed E-state index contributed by atoms with van der Waals surface area (Å²) in [7, 11) is -2.83. The Morgan fingerprint density at radius 3 is 2.31 bits per heavy atom. The fourth-order valence-corrected chi connectivity index (χ4v) is 2.74. The summed E-state index contributed by atoms with van der Waals surface area (Å²) in [5.41, 5.74) is 0.